The van der Waals surface area contributed by atoms with Crippen LogP contribution in [-0.2, 0) is 16.1 Å². The van der Waals surface area contributed by atoms with Crippen LogP contribution >= 0.6 is 11.6 Å². The standard InChI is InChI=1S/C14H11ClN2O2/c15-10-3-1-9-2-4-11(16-12(9)7-10)8-17-13(18)5-6-14(17)19/h1-4,7H,5-6,8H2. The van der Waals surface area contributed by atoms with E-state index in [2.05, 4.69) is 4.98 Å². The Morgan fingerprint density at radius 3 is 2.53 bits per heavy atom. The minimum atomic E-state index is -0.127. The molecule has 2 amide bonds. The SMILES string of the molecule is O=C1CCC(=O)N1Cc1ccc2ccc(Cl)cc2n1. The highest BCUT2D eigenvalue weighted by Crippen LogP contribution is 2.20. The minimum absolute atomic E-state index is 0.127. The van der Waals surface area contributed by atoms with E-state index in [1.807, 2.05) is 18.2 Å². The molecule has 1 fully saturated rings. The van der Waals surface area contributed by atoms with Gasteiger partial charge in [-0.15, -0.1) is 0 Å². The lowest BCUT2D eigenvalue weighted by Gasteiger charge is -2.13. The first-order valence-corrected chi connectivity index (χ1v) is 6.40. The minimum Gasteiger partial charge on any atom is -0.277 e. The third-order valence-corrected chi connectivity index (χ3v) is 3.42. The lowest BCUT2D eigenvalue weighted by molar-refractivity contribution is -0.139. The number of hydrogen-bond donors (Lipinski definition) is 0. The Hall–Kier alpha value is -1.94. The molecule has 1 saturated heterocycles. The smallest absolute Gasteiger partial charge is 0.230 e. The third-order valence-electron chi connectivity index (χ3n) is 3.19. The fourth-order valence-electron chi connectivity index (χ4n) is 2.18. The second-order valence-electron chi connectivity index (χ2n) is 4.51. The normalized spacial score (nSPS) is 15.5. The monoisotopic (exact) mass is 274 g/mol. The van der Waals surface area contributed by atoms with E-state index in [9.17, 15) is 9.59 Å². The van der Waals surface area contributed by atoms with Crippen molar-refractivity contribution in [2.24, 2.45) is 0 Å². The van der Waals surface area contributed by atoms with Gasteiger partial charge in [0.25, 0.3) is 0 Å². The molecule has 0 atom stereocenters. The molecule has 2 aromatic rings. The number of pyridine rings is 1. The van der Waals surface area contributed by atoms with E-state index in [1.54, 1.807) is 12.1 Å². The summed E-state index contributed by atoms with van der Waals surface area (Å²) < 4.78 is 0. The van der Waals surface area contributed by atoms with Crippen molar-refractivity contribution in [2.75, 3.05) is 0 Å². The maximum atomic E-state index is 11.6. The summed E-state index contributed by atoms with van der Waals surface area (Å²) in [4.78, 5) is 28.8. The molecule has 96 valence electrons. The van der Waals surface area contributed by atoms with Crippen molar-refractivity contribution in [3.63, 3.8) is 0 Å². The predicted octanol–water partition coefficient (Wildman–Crippen LogP) is 2.54. The van der Waals surface area contributed by atoms with Crippen LogP contribution in [0.5, 0.6) is 0 Å². The molecule has 4 nitrogen and oxygen atoms in total. The highest BCUT2D eigenvalue weighted by atomic mass is 35.5. The molecule has 0 aliphatic carbocycles. The van der Waals surface area contributed by atoms with Crippen molar-refractivity contribution in [2.45, 2.75) is 19.4 Å². The molecule has 0 radical (unpaired) electrons. The number of halogens is 1. The highest BCUT2D eigenvalue weighted by Gasteiger charge is 2.28. The predicted molar refractivity (Wildman–Crippen MR) is 71.5 cm³/mol. The molecule has 0 saturated carbocycles. The number of carbonyl (C=O) groups is 2. The molecule has 0 unspecified atom stereocenters. The van der Waals surface area contributed by atoms with E-state index < -0.39 is 0 Å². The molecule has 0 bridgehead atoms. The number of aromatic nitrogens is 1. The van der Waals surface area contributed by atoms with Gasteiger partial charge in [0.05, 0.1) is 17.8 Å². The van der Waals surface area contributed by atoms with Gasteiger partial charge in [0.2, 0.25) is 11.8 Å². The molecular weight excluding hydrogens is 264 g/mol. The number of benzene rings is 1. The summed E-state index contributed by atoms with van der Waals surface area (Å²) in [7, 11) is 0. The Kier molecular flexibility index (Phi) is 2.95. The van der Waals surface area contributed by atoms with Gasteiger partial charge < -0.3 is 0 Å². The number of nitrogens with zero attached hydrogens (tertiary/aromatic N) is 2. The van der Waals surface area contributed by atoms with Crippen molar-refractivity contribution in [1.29, 1.82) is 0 Å². The van der Waals surface area contributed by atoms with Gasteiger partial charge in [0.1, 0.15) is 0 Å². The number of hydrogen-bond acceptors (Lipinski definition) is 3. The van der Waals surface area contributed by atoms with E-state index in [1.165, 1.54) is 4.90 Å². The lowest BCUT2D eigenvalue weighted by atomic mass is 10.2. The number of carbonyl (C=O) groups excluding carboxylic acids is 2. The van der Waals surface area contributed by atoms with E-state index in [-0.39, 0.29) is 18.4 Å². The van der Waals surface area contributed by atoms with Crippen LogP contribution in [-0.4, -0.2) is 21.7 Å². The van der Waals surface area contributed by atoms with Crippen LogP contribution in [0.3, 0.4) is 0 Å². The average molecular weight is 275 g/mol. The molecule has 1 aliphatic rings. The van der Waals surface area contributed by atoms with Crippen LogP contribution in [0.2, 0.25) is 5.02 Å². The molecule has 1 aliphatic heterocycles. The van der Waals surface area contributed by atoms with Crippen LogP contribution in [0.4, 0.5) is 0 Å². The van der Waals surface area contributed by atoms with Gasteiger partial charge in [0.15, 0.2) is 0 Å². The number of rotatable bonds is 2. The summed E-state index contributed by atoms with van der Waals surface area (Å²) in [6.07, 6.45) is 0.608. The Morgan fingerprint density at radius 2 is 1.79 bits per heavy atom. The Balaban J connectivity index is 1.93. The van der Waals surface area contributed by atoms with Crippen LogP contribution in [0, 0.1) is 0 Å². The molecule has 0 N–H and O–H groups in total. The summed E-state index contributed by atoms with van der Waals surface area (Å²) in [5, 5.41) is 1.60. The van der Waals surface area contributed by atoms with Crippen molar-refractivity contribution in [3.05, 3.63) is 41.0 Å². The maximum Gasteiger partial charge on any atom is 0.230 e. The van der Waals surface area contributed by atoms with Crippen molar-refractivity contribution in [1.82, 2.24) is 9.88 Å². The fourth-order valence-corrected chi connectivity index (χ4v) is 2.35. The molecule has 1 aromatic heterocycles. The summed E-state index contributed by atoms with van der Waals surface area (Å²) in [6.45, 7) is 0.236. The zero-order valence-electron chi connectivity index (χ0n) is 10.1. The summed E-state index contributed by atoms with van der Waals surface area (Å²) >= 11 is 5.93. The highest BCUT2D eigenvalue weighted by molar-refractivity contribution is 6.31. The first-order valence-electron chi connectivity index (χ1n) is 6.02. The Bertz CT molecular complexity index is 668. The van der Waals surface area contributed by atoms with Gasteiger partial charge >= 0.3 is 0 Å². The molecular formula is C14H11ClN2O2. The average Bonchev–Trinajstić information content (AvgIpc) is 2.70. The Labute approximate surface area is 115 Å². The zero-order valence-corrected chi connectivity index (χ0v) is 10.9. The topological polar surface area (TPSA) is 50.3 Å². The largest absolute Gasteiger partial charge is 0.277 e. The van der Waals surface area contributed by atoms with Gasteiger partial charge in [-0.25, -0.2) is 0 Å². The Morgan fingerprint density at radius 1 is 1.11 bits per heavy atom. The summed E-state index contributed by atoms with van der Waals surface area (Å²) in [5.41, 5.74) is 1.46. The third kappa shape index (κ3) is 2.31. The van der Waals surface area contributed by atoms with Crippen LogP contribution in [0.1, 0.15) is 18.5 Å². The molecule has 1 aromatic carbocycles. The van der Waals surface area contributed by atoms with Crippen molar-refractivity contribution < 1.29 is 9.59 Å². The van der Waals surface area contributed by atoms with Crippen molar-refractivity contribution in [3.8, 4) is 0 Å². The number of fused-ring (bicyclic) bond motifs is 1. The lowest BCUT2D eigenvalue weighted by Crippen LogP contribution is -2.28. The number of imide groups is 1. The van der Waals surface area contributed by atoms with E-state index >= 15 is 0 Å². The van der Waals surface area contributed by atoms with Gasteiger partial charge in [-0.05, 0) is 18.2 Å². The van der Waals surface area contributed by atoms with Gasteiger partial charge in [-0.3, -0.25) is 19.5 Å². The molecule has 2 heterocycles. The fraction of sp³-hybridized carbons (Fsp3) is 0.214. The van der Waals surface area contributed by atoms with Gasteiger partial charge in [0, 0.05) is 23.3 Å². The second kappa shape index (κ2) is 4.63. The quantitative estimate of drug-likeness (QED) is 0.791. The van der Waals surface area contributed by atoms with E-state index in [0.717, 1.165) is 10.9 Å². The summed E-state index contributed by atoms with van der Waals surface area (Å²) in [6, 6.07) is 9.21. The van der Waals surface area contributed by atoms with Crippen molar-refractivity contribution >= 4 is 34.3 Å². The zero-order chi connectivity index (χ0) is 13.4. The van der Waals surface area contributed by atoms with E-state index in [0.29, 0.717) is 23.6 Å². The van der Waals surface area contributed by atoms with E-state index in [4.69, 9.17) is 11.6 Å². The first-order chi connectivity index (χ1) is 9.13. The van der Waals surface area contributed by atoms with Crippen LogP contribution in [0.15, 0.2) is 30.3 Å². The maximum absolute atomic E-state index is 11.6. The second-order valence-corrected chi connectivity index (χ2v) is 4.95. The summed E-state index contributed by atoms with van der Waals surface area (Å²) in [5.74, 6) is -0.254. The first kappa shape index (κ1) is 12.1. The molecule has 19 heavy (non-hydrogen) atoms. The molecule has 3 rings (SSSR count). The van der Waals surface area contributed by atoms with Crippen LogP contribution in [0.25, 0.3) is 10.9 Å². The number of amides is 2. The molecule has 0 spiro atoms. The molecule has 5 heteroatoms. The van der Waals surface area contributed by atoms with Gasteiger partial charge in [-0.2, -0.15) is 0 Å². The van der Waals surface area contributed by atoms with Crippen LogP contribution < -0.4 is 0 Å². The van der Waals surface area contributed by atoms with Gasteiger partial charge in [-0.1, -0.05) is 23.7 Å². The number of likely N-dealkylation sites (tertiary alicyclic amines) is 1.